The summed E-state index contributed by atoms with van der Waals surface area (Å²) in [6, 6.07) is 4.44. The number of nitrogens with two attached hydrogens (primary N) is 1. The maximum Gasteiger partial charge on any atom is 0.218 e. The van der Waals surface area contributed by atoms with Gasteiger partial charge in [-0.1, -0.05) is 19.9 Å². The molecule has 1 saturated heterocycles. The first-order chi connectivity index (χ1) is 11.2. The quantitative estimate of drug-likeness (QED) is 0.564. The van der Waals surface area contributed by atoms with Crippen molar-refractivity contribution in [3.05, 3.63) is 23.9 Å². The van der Waals surface area contributed by atoms with E-state index >= 15 is 0 Å². The van der Waals surface area contributed by atoms with Gasteiger partial charge >= 0.3 is 0 Å². The van der Waals surface area contributed by atoms with Gasteiger partial charge in [-0.2, -0.15) is 0 Å². The van der Waals surface area contributed by atoms with Gasteiger partial charge in [0.05, 0.1) is 13.2 Å². The molecule has 6 heteroatoms. The number of likely N-dealkylation sites (N-methyl/N-ethyl adjacent to an activating group) is 1. The molecule has 2 rings (SSSR count). The molecular weight excluding hydrogens is 290 g/mol. The summed E-state index contributed by atoms with van der Waals surface area (Å²) in [5.41, 5.74) is 6.96. The van der Waals surface area contributed by atoms with E-state index < -0.39 is 0 Å². The standard InChI is InChI=1S/C17H29N5O/c1-3-11-23-16-14(7-5-9-19-16)12-20-17(18)21-13-15-8-6-10-22(15)4-2/h5,7,9,15H,3-4,6,8,10-13H2,1-2H3,(H3,18,20,21). The van der Waals surface area contributed by atoms with E-state index in [9.17, 15) is 0 Å². The molecule has 0 aromatic carbocycles. The average molecular weight is 319 g/mol. The largest absolute Gasteiger partial charge is 0.477 e. The third-order valence-corrected chi connectivity index (χ3v) is 4.14. The Hall–Kier alpha value is -1.82. The normalized spacial score (nSPS) is 19.0. The lowest BCUT2D eigenvalue weighted by molar-refractivity contribution is 0.267. The van der Waals surface area contributed by atoms with Gasteiger partial charge in [-0.3, -0.25) is 4.90 Å². The van der Waals surface area contributed by atoms with Crippen molar-refractivity contribution in [2.75, 3.05) is 26.2 Å². The van der Waals surface area contributed by atoms with Crippen molar-refractivity contribution < 1.29 is 4.74 Å². The fourth-order valence-electron chi connectivity index (χ4n) is 2.86. The van der Waals surface area contributed by atoms with Crippen LogP contribution < -0.4 is 15.8 Å². The van der Waals surface area contributed by atoms with Gasteiger partial charge in [0.25, 0.3) is 0 Å². The molecule has 1 aliphatic rings. The number of nitrogens with zero attached hydrogens (tertiary/aromatic N) is 3. The molecule has 1 aliphatic heterocycles. The Labute approximate surface area is 139 Å². The highest BCUT2D eigenvalue weighted by atomic mass is 16.5. The van der Waals surface area contributed by atoms with Gasteiger partial charge in [0.1, 0.15) is 0 Å². The topological polar surface area (TPSA) is 75.8 Å². The van der Waals surface area contributed by atoms with Gasteiger partial charge in [-0.05, 0) is 38.4 Å². The molecule has 0 spiro atoms. The number of ether oxygens (including phenoxy) is 1. The summed E-state index contributed by atoms with van der Waals surface area (Å²) in [4.78, 5) is 11.2. The van der Waals surface area contributed by atoms with Crippen molar-refractivity contribution in [1.29, 1.82) is 0 Å². The highest BCUT2D eigenvalue weighted by Crippen LogP contribution is 2.16. The molecule has 1 unspecified atom stereocenters. The Balaban J connectivity index is 1.84. The number of aliphatic imine (C=N–C) groups is 1. The zero-order valence-corrected chi connectivity index (χ0v) is 14.3. The Morgan fingerprint density at radius 1 is 1.52 bits per heavy atom. The summed E-state index contributed by atoms with van der Waals surface area (Å²) >= 11 is 0. The number of pyridine rings is 1. The van der Waals surface area contributed by atoms with Crippen LogP contribution in [0.3, 0.4) is 0 Å². The molecule has 1 aromatic heterocycles. The lowest BCUT2D eigenvalue weighted by Crippen LogP contribution is -2.42. The van der Waals surface area contributed by atoms with Gasteiger partial charge in [-0.25, -0.2) is 9.98 Å². The SMILES string of the molecule is CCCOc1ncccc1CN=C(N)NCC1CCCN1CC. The molecule has 0 amide bonds. The Bertz CT molecular complexity index is 506. The number of hydrogen-bond acceptors (Lipinski definition) is 4. The van der Waals surface area contributed by atoms with E-state index in [1.165, 1.54) is 19.4 Å². The summed E-state index contributed by atoms with van der Waals surface area (Å²) in [5, 5.41) is 3.25. The van der Waals surface area contributed by atoms with Crippen LogP contribution in [0.4, 0.5) is 0 Å². The molecule has 1 atom stereocenters. The van der Waals surface area contributed by atoms with Crippen LogP contribution in [0.1, 0.15) is 38.7 Å². The minimum absolute atomic E-state index is 0.480. The molecule has 128 valence electrons. The molecule has 1 aromatic rings. The Morgan fingerprint density at radius 3 is 3.17 bits per heavy atom. The van der Waals surface area contributed by atoms with Crippen LogP contribution in [-0.4, -0.2) is 48.1 Å². The van der Waals surface area contributed by atoms with Crippen LogP contribution in [-0.2, 0) is 6.54 Å². The number of likely N-dealkylation sites (tertiary alicyclic amines) is 1. The van der Waals surface area contributed by atoms with Crippen LogP contribution >= 0.6 is 0 Å². The molecular formula is C17H29N5O. The summed E-state index contributed by atoms with van der Waals surface area (Å²) in [6.07, 6.45) is 5.19. The Morgan fingerprint density at radius 2 is 2.39 bits per heavy atom. The molecule has 2 heterocycles. The monoisotopic (exact) mass is 319 g/mol. The van der Waals surface area contributed by atoms with Crippen molar-refractivity contribution in [3.8, 4) is 5.88 Å². The minimum atomic E-state index is 0.480. The summed E-state index contributed by atoms with van der Waals surface area (Å²) in [7, 11) is 0. The van der Waals surface area contributed by atoms with Gasteiger partial charge in [-0.15, -0.1) is 0 Å². The second-order valence-corrected chi connectivity index (χ2v) is 5.82. The molecule has 0 aliphatic carbocycles. The number of guanidine groups is 1. The molecule has 1 fully saturated rings. The van der Waals surface area contributed by atoms with E-state index in [1.807, 2.05) is 12.1 Å². The second-order valence-electron chi connectivity index (χ2n) is 5.82. The summed E-state index contributed by atoms with van der Waals surface area (Å²) in [6.45, 7) is 8.56. The van der Waals surface area contributed by atoms with Crippen LogP contribution in [0.25, 0.3) is 0 Å². The highest BCUT2D eigenvalue weighted by Gasteiger charge is 2.22. The fraction of sp³-hybridized carbons (Fsp3) is 0.647. The smallest absolute Gasteiger partial charge is 0.218 e. The first-order valence-electron chi connectivity index (χ1n) is 8.59. The van der Waals surface area contributed by atoms with E-state index in [4.69, 9.17) is 10.5 Å². The van der Waals surface area contributed by atoms with Crippen molar-refractivity contribution in [2.24, 2.45) is 10.7 Å². The lowest BCUT2D eigenvalue weighted by atomic mass is 10.2. The van der Waals surface area contributed by atoms with Crippen LogP contribution in [0.5, 0.6) is 5.88 Å². The average Bonchev–Trinajstić information content (AvgIpc) is 3.04. The predicted molar refractivity (Wildman–Crippen MR) is 93.6 cm³/mol. The zero-order chi connectivity index (χ0) is 16.5. The van der Waals surface area contributed by atoms with Crippen LogP contribution in [0, 0.1) is 0 Å². The molecule has 0 bridgehead atoms. The highest BCUT2D eigenvalue weighted by molar-refractivity contribution is 5.77. The first-order valence-corrected chi connectivity index (χ1v) is 8.59. The van der Waals surface area contributed by atoms with Gasteiger partial charge in [0.2, 0.25) is 5.88 Å². The minimum Gasteiger partial charge on any atom is -0.477 e. The van der Waals surface area contributed by atoms with Crippen molar-refractivity contribution >= 4 is 5.96 Å². The molecule has 0 saturated carbocycles. The van der Waals surface area contributed by atoms with Crippen molar-refractivity contribution in [3.63, 3.8) is 0 Å². The van der Waals surface area contributed by atoms with E-state index in [-0.39, 0.29) is 0 Å². The van der Waals surface area contributed by atoms with Crippen LogP contribution in [0.15, 0.2) is 23.3 Å². The van der Waals surface area contributed by atoms with Gasteiger partial charge < -0.3 is 15.8 Å². The Kier molecular flexibility index (Phi) is 7.13. The van der Waals surface area contributed by atoms with Crippen molar-refractivity contribution in [1.82, 2.24) is 15.2 Å². The molecule has 23 heavy (non-hydrogen) atoms. The van der Waals surface area contributed by atoms with Gasteiger partial charge in [0, 0.05) is 24.3 Å². The number of nitrogens with one attached hydrogen (secondary N) is 1. The molecule has 6 nitrogen and oxygen atoms in total. The lowest BCUT2D eigenvalue weighted by Gasteiger charge is -2.23. The second kappa shape index (κ2) is 9.35. The zero-order valence-electron chi connectivity index (χ0n) is 14.3. The third kappa shape index (κ3) is 5.39. The van der Waals surface area contributed by atoms with E-state index in [0.29, 0.717) is 31.0 Å². The summed E-state index contributed by atoms with van der Waals surface area (Å²) < 4.78 is 5.64. The number of rotatable bonds is 8. The molecule has 3 N–H and O–H groups in total. The van der Waals surface area contributed by atoms with E-state index in [2.05, 4.69) is 34.0 Å². The number of aromatic nitrogens is 1. The fourth-order valence-corrected chi connectivity index (χ4v) is 2.86. The third-order valence-electron chi connectivity index (χ3n) is 4.14. The van der Waals surface area contributed by atoms with Crippen molar-refractivity contribution in [2.45, 2.75) is 45.7 Å². The first kappa shape index (κ1) is 17.5. The maximum atomic E-state index is 6.00. The van der Waals surface area contributed by atoms with E-state index in [0.717, 1.165) is 25.1 Å². The summed E-state index contributed by atoms with van der Waals surface area (Å²) in [5.74, 6) is 1.14. The van der Waals surface area contributed by atoms with Crippen LogP contribution in [0.2, 0.25) is 0 Å². The van der Waals surface area contributed by atoms with Gasteiger partial charge in [0.15, 0.2) is 5.96 Å². The number of hydrogen-bond donors (Lipinski definition) is 2. The molecule has 0 radical (unpaired) electrons. The predicted octanol–water partition coefficient (Wildman–Crippen LogP) is 1.76. The maximum absolute atomic E-state index is 6.00. The van der Waals surface area contributed by atoms with E-state index in [1.54, 1.807) is 6.20 Å².